The van der Waals surface area contributed by atoms with E-state index in [0.29, 0.717) is 16.3 Å². The lowest BCUT2D eigenvalue weighted by atomic mass is 9.98. The van der Waals surface area contributed by atoms with E-state index in [1.807, 2.05) is 0 Å². The van der Waals surface area contributed by atoms with Crippen LogP contribution < -0.4 is 5.32 Å². The Labute approximate surface area is 155 Å². The fourth-order valence-electron chi connectivity index (χ4n) is 3.25. The molecule has 0 aromatic carbocycles. The first kappa shape index (κ1) is 19.4. The van der Waals surface area contributed by atoms with Gasteiger partial charge in [-0.05, 0) is 20.8 Å². The van der Waals surface area contributed by atoms with Crippen LogP contribution in [0.25, 0.3) is 0 Å². The van der Waals surface area contributed by atoms with Crippen molar-refractivity contribution in [3.8, 4) is 0 Å². The Kier molecular flexibility index (Phi) is 4.56. The first-order valence-corrected chi connectivity index (χ1v) is 9.49. The molecule has 3 rings (SSSR count). The molecule has 2 N–H and O–H groups in total. The van der Waals surface area contributed by atoms with E-state index in [-0.39, 0.29) is 13.1 Å². The first-order valence-electron chi connectivity index (χ1n) is 8.13. The molecule has 2 aliphatic heterocycles. The molecule has 2 aliphatic rings. The van der Waals surface area contributed by atoms with E-state index in [2.05, 4.69) is 14.7 Å². The van der Waals surface area contributed by atoms with Crippen LogP contribution in [0.3, 0.4) is 0 Å². The Bertz CT molecular complexity index is 875. The minimum atomic E-state index is -4.88. The Morgan fingerprint density at radius 2 is 2.11 bits per heavy atom. The number of rotatable bonds is 4. The van der Waals surface area contributed by atoms with Crippen molar-refractivity contribution in [3.05, 3.63) is 17.5 Å². The van der Waals surface area contributed by atoms with Crippen LogP contribution in [0.1, 0.15) is 44.1 Å². The number of nitrogens with one attached hydrogen (secondary N) is 1. The van der Waals surface area contributed by atoms with Gasteiger partial charge in [0, 0.05) is 19.2 Å². The lowest BCUT2D eigenvalue weighted by Gasteiger charge is -2.31. The van der Waals surface area contributed by atoms with E-state index < -0.39 is 40.2 Å². The molecule has 0 spiro atoms. The average molecular weight is 403 g/mol. The van der Waals surface area contributed by atoms with Crippen molar-refractivity contribution in [3.63, 3.8) is 0 Å². The molecule has 0 aliphatic carbocycles. The molecule has 1 saturated heterocycles. The third-order valence-corrected chi connectivity index (χ3v) is 4.51. The number of hydrogen-bond donors (Lipinski definition) is 2. The smallest absolute Gasteiger partial charge is 0.418 e. The zero-order valence-corrected chi connectivity index (χ0v) is 16.1. The van der Waals surface area contributed by atoms with Crippen molar-refractivity contribution in [2.75, 3.05) is 13.1 Å². The number of urea groups is 1. The van der Waals surface area contributed by atoms with Gasteiger partial charge in [-0.2, -0.15) is 18.6 Å². The van der Waals surface area contributed by atoms with Crippen LogP contribution in [0.4, 0.5) is 9.59 Å². The minimum absolute atomic E-state index is 0.0274. The second-order valence-electron chi connectivity index (χ2n) is 7.29. The van der Waals surface area contributed by atoms with Crippen LogP contribution in [-0.4, -0.2) is 63.5 Å². The molecule has 0 unspecified atom stereocenters. The Hall–Kier alpha value is -2.38. The maximum Gasteiger partial charge on any atom is 0.418 e. The van der Waals surface area contributed by atoms with E-state index in [4.69, 9.17) is 9.29 Å². The molecular weight excluding hydrogens is 382 g/mol. The van der Waals surface area contributed by atoms with Gasteiger partial charge >= 0.3 is 22.5 Å². The fourth-order valence-corrected chi connectivity index (χ4v) is 3.62. The second-order valence-corrected chi connectivity index (χ2v) is 8.29. The van der Waals surface area contributed by atoms with Gasteiger partial charge in [-0.3, -0.25) is 9.23 Å². The maximum absolute atomic E-state index is 12.6. The number of carbonyl (C=O) groups excluding carboxylic acids is 2. The number of nitrogens with zero attached hydrogens (tertiary/aromatic N) is 4. The van der Waals surface area contributed by atoms with Crippen LogP contribution in [0.5, 0.6) is 0 Å². The van der Waals surface area contributed by atoms with E-state index in [1.54, 1.807) is 32.5 Å². The maximum atomic E-state index is 12.6. The highest BCUT2D eigenvalue weighted by Crippen LogP contribution is 2.43. The predicted molar refractivity (Wildman–Crippen MR) is 89.5 cm³/mol. The molecule has 12 nitrogen and oxygen atoms in total. The molecule has 0 saturated carbocycles. The standard InChI is InChI=1S/C14H21N5O7S/c1-14(2,3)25-12(20)15-6-9-11-8(5-16-17(11)4)10-7-18(9)13(21)19(10)26-27(22,23)24/h5,9-10H,6-7H2,1-4H3,(H,15,20)(H,22,23,24)/t9-,10-/m1/s1. The molecule has 2 atom stereocenters. The summed E-state index contributed by atoms with van der Waals surface area (Å²) in [7, 11) is -3.21. The summed E-state index contributed by atoms with van der Waals surface area (Å²) >= 11 is 0. The van der Waals surface area contributed by atoms with Gasteiger partial charge in [0.25, 0.3) is 0 Å². The van der Waals surface area contributed by atoms with Gasteiger partial charge < -0.3 is 15.0 Å². The summed E-state index contributed by atoms with van der Waals surface area (Å²) in [5, 5.41) is 7.36. The number of ether oxygens (including phenoxy) is 1. The van der Waals surface area contributed by atoms with Gasteiger partial charge in [0.1, 0.15) is 11.6 Å². The fraction of sp³-hybridized carbons (Fsp3) is 0.643. The number of carbonyl (C=O) groups is 2. The van der Waals surface area contributed by atoms with Gasteiger partial charge in [-0.25, -0.2) is 9.59 Å². The molecule has 13 heteroatoms. The van der Waals surface area contributed by atoms with Crippen molar-refractivity contribution in [2.24, 2.45) is 7.05 Å². The van der Waals surface area contributed by atoms with Crippen LogP contribution in [0.2, 0.25) is 0 Å². The normalized spacial score (nSPS) is 22.0. The zero-order chi connectivity index (χ0) is 20.1. The van der Waals surface area contributed by atoms with Crippen LogP contribution in [0, 0.1) is 0 Å². The average Bonchev–Trinajstić information content (AvgIpc) is 3.00. The highest BCUT2D eigenvalue weighted by molar-refractivity contribution is 7.80. The number of aryl methyl sites for hydroxylation is 1. The topological polar surface area (TPSA) is 143 Å². The van der Waals surface area contributed by atoms with Gasteiger partial charge in [0.2, 0.25) is 0 Å². The zero-order valence-electron chi connectivity index (χ0n) is 15.2. The number of hydroxylamine groups is 2. The molecule has 27 heavy (non-hydrogen) atoms. The van der Waals surface area contributed by atoms with Crippen molar-refractivity contribution < 1.29 is 31.6 Å². The number of alkyl carbamates (subject to hydrolysis) is 1. The summed E-state index contributed by atoms with van der Waals surface area (Å²) in [6.07, 6.45) is 0.850. The Balaban J connectivity index is 1.86. The van der Waals surface area contributed by atoms with E-state index in [9.17, 15) is 18.0 Å². The molecule has 2 bridgehead atoms. The molecule has 150 valence electrons. The monoisotopic (exact) mass is 403 g/mol. The highest BCUT2D eigenvalue weighted by Gasteiger charge is 2.51. The lowest BCUT2D eigenvalue weighted by Crippen LogP contribution is -2.43. The Morgan fingerprint density at radius 1 is 1.44 bits per heavy atom. The van der Waals surface area contributed by atoms with Crippen molar-refractivity contribution in [1.82, 2.24) is 25.1 Å². The lowest BCUT2D eigenvalue weighted by molar-refractivity contribution is -0.0317. The number of amides is 3. The largest absolute Gasteiger partial charge is 0.444 e. The molecule has 3 heterocycles. The third kappa shape index (κ3) is 3.84. The van der Waals surface area contributed by atoms with Crippen molar-refractivity contribution in [2.45, 2.75) is 38.5 Å². The SMILES string of the molecule is Cn1ncc2c1[C@@H](CNC(=O)OC(C)(C)C)N1C[C@H]2N(OS(=O)(=O)O)C1=O. The summed E-state index contributed by atoms with van der Waals surface area (Å²) in [6.45, 7) is 5.33. The highest BCUT2D eigenvalue weighted by atomic mass is 32.3. The minimum Gasteiger partial charge on any atom is -0.444 e. The summed E-state index contributed by atoms with van der Waals surface area (Å²) in [5.74, 6) is 0. The predicted octanol–water partition coefficient (Wildman–Crippen LogP) is 0.513. The van der Waals surface area contributed by atoms with Gasteiger partial charge in [-0.1, -0.05) is 0 Å². The molecule has 3 amide bonds. The first-order chi connectivity index (χ1) is 12.4. The van der Waals surface area contributed by atoms with Crippen molar-refractivity contribution >= 4 is 22.5 Å². The van der Waals surface area contributed by atoms with E-state index in [0.717, 1.165) is 0 Å². The molecule has 1 fully saturated rings. The van der Waals surface area contributed by atoms with Crippen LogP contribution in [-0.2, 0) is 26.5 Å². The number of hydrogen-bond acceptors (Lipinski definition) is 7. The summed E-state index contributed by atoms with van der Waals surface area (Å²) in [5.41, 5.74) is 0.513. The second kappa shape index (κ2) is 6.35. The third-order valence-electron chi connectivity index (χ3n) is 4.17. The number of fused-ring (bicyclic) bond motifs is 4. The Morgan fingerprint density at radius 3 is 2.70 bits per heavy atom. The molecular formula is C14H21N5O7S. The quantitative estimate of drug-likeness (QED) is 0.692. The summed E-state index contributed by atoms with van der Waals surface area (Å²) in [6, 6.07) is -2.11. The molecule has 1 aromatic rings. The molecule has 1 aromatic heterocycles. The number of aromatic nitrogens is 2. The summed E-state index contributed by atoms with van der Waals surface area (Å²) in [4.78, 5) is 25.9. The van der Waals surface area contributed by atoms with Gasteiger partial charge in [0.15, 0.2) is 0 Å². The summed E-state index contributed by atoms with van der Waals surface area (Å²) < 4.78 is 42.3. The van der Waals surface area contributed by atoms with Gasteiger partial charge in [-0.15, -0.1) is 4.28 Å². The van der Waals surface area contributed by atoms with Crippen LogP contribution in [0.15, 0.2) is 6.20 Å². The van der Waals surface area contributed by atoms with Crippen LogP contribution >= 0.6 is 0 Å². The van der Waals surface area contributed by atoms with Crippen molar-refractivity contribution in [1.29, 1.82) is 0 Å². The van der Waals surface area contributed by atoms with E-state index in [1.165, 1.54) is 11.1 Å². The van der Waals surface area contributed by atoms with E-state index >= 15 is 0 Å². The van der Waals surface area contributed by atoms with Gasteiger partial charge in [0.05, 0.1) is 24.5 Å². The molecule has 0 radical (unpaired) electrons.